The number of aliphatic hydroxyl groups is 1. The summed E-state index contributed by atoms with van der Waals surface area (Å²) in [5.74, 6) is 0. The molecular formula is C16H18N4O. The SMILES string of the molecule is Cc1cc(CC(O)c2cn[nH]c2-c2ccccc2)n(C)n1. The minimum atomic E-state index is -0.617. The highest BCUT2D eigenvalue weighted by Gasteiger charge is 2.18. The molecule has 108 valence electrons. The maximum absolute atomic E-state index is 10.5. The predicted molar refractivity (Wildman–Crippen MR) is 80.6 cm³/mol. The summed E-state index contributed by atoms with van der Waals surface area (Å²) in [5.41, 5.74) is 4.64. The van der Waals surface area contributed by atoms with E-state index >= 15 is 0 Å². The summed E-state index contributed by atoms with van der Waals surface area (Å²) >= 11 is 0. The molecule has 0 aliphatic heterocycles. The van der Waals surface area contributed by atoms with Crippen LogP contribution < -0.4 is 0 Å². The van der Waals surface area contributed by atoms with Crippen molar-refractivity contribution in [2.45, 2.75) is 19.4 Å². The molecule has 2 aromatic heterocycles. The van der Waals surface area contributed by atoms with Crippen molar-refractivity contribution < 1.29 is 5.11 Å². The Morgan fingerprint density at radius 3 is 2.71 bits per heavy atom. The number of hydrogen-bond donors (Lipinski definition) is 2. The quantitative estimate of drug-likeness (QED) is 0.772. The highest BCUT2D eigenvalue weighted by atomic mass is 16.3. The third-order valence-corrected chi connectivity index (χ3v) is 3.59. The number of aromatic amines is 1. The number of aromatic nitrogens is 4. The first-order valence-electron chi connectivity index (χ1n) is 6.91. The maximum Gasteiger partial charge on any atom is 0.0881 e. The summed E-state index contributed by atoms with van der Waals surface area (Å²) in [5, 5.41) is 21.9. The van der Waals surface area contributed by atoms with E-state index in [0.29, 0.717) is 6.42 Å². The second-order valence-corrected chi connectivity index (χ2v) is 5.19. The average Bonchev–Trinajstić information content (AvgIpc) is 3.07. The van der Waals surface area contributed by atoms with Crippen molar-refractivity contribution in [1.82, 2.24) is 20.0 Å². The number of aryl methyl sites for hydroxylation is 2. The topological polar surface area (TPSA) is 66.7 Å². The van der Waals surface area contributed by atoms with Gasteiger partial charge in [0.15, 0.2) is 0 Å². The van der Waals surface area contributed by atoms with Gasteiger partial charge in [-0.25, -0.2) is 0 Å². The first kappa shape index (κ1) is 13.6. The fourth-order valence-electron chi connectivity index (χ4n) is 2.55. The largest absolute Gasteiger partial charge is 0.388 e. The van der Waals surface area contributed by atoms with E-state index in [0.717, 1.165) is 28.2 Å². The van der Waals surface area contributed by atoms with Crippen molar-refractivity contribution in [3.05, 3.63) is 59.5 Å². The molecule has 0 radical (unpaired) electrons. The van der Waals surface area contributed by atoms with Gasteiger partial charge in [0, 0.05) is 24.7 Å². The van der Waals surface area contributed by atoms with Crippen LogP contribution in [0.2, 0.25) is 0 Å². The first-order chi connectivity index (χ1) is 10.1. The predicted octanol–water partition coefficient (Wildman–Crippen LogP) is 2.39. The lowest BCUT2D eigenvalue weighted by molar-refractivity contribution is 0.176. The Balaban J connectivity index is 1.88. The summed E-state index contributed by atoms with van der Waals surface area (Å²) in [7, 11) is 1.89. The monoisotopic (exact) mass is 282 g/mol. The van der Waals surface area contributed by atoms with Crippen LogP contribution in [0.3, 0.4) is 0 Å². The molecule has 1 unspecified atom stereocenters. The summed E-state index contributed by atoms with van der Waals surface area (Å²) in [4.78, 5) is 0. The molecule has 3 rings (SSSR count). The molecule has 0 amide bonds. The molecule has 2 heterocycles. The molecule has 0 saturated heterocycles. The van der Waals surface area contributed by atoms with Gasteiger partial charge in [-0.05, 0) is 18.6 Å². The summed E-state index contributed by atoms with van der Waals surface area (Å²) in [6.45, 7) is 1.95. The summed E-state index contributed by atoms with van der Waals surface area (Å²) < 4.78 is 1.81. The first-order valence-corrected chi connectivity index (χ1v) is 6.91. The Bertz CT molecular complexity index is 730. The van der Waals surface area contributed by atoms with Gasteiger partial charge in [-0.2, -0.15) is 10.2 Å². The Hall–Kier alpha value is -2.40. The average molecular weight is 282 g/mol. The second kappa shape index (κ2) is 5.54. The third-order valence-electron chi connectivity index (χ3n) is 3.59. The van der Waals surface area contributed by atoms with E-state index < -0.39 is 6.10 Å². The molecule has 5 heteroatoms. The van der Waals surface area contributed by atoms with Gasteiger partial charge in [-0.15, -0.1) is 0 Å². The fraction of sp³-hybridized carbons (Fsp3) is 0.250. The Morgan fingerprint density at radius 2 is 2.05 bits per heavy atom. The minimum absolute atomic E-state index is 0.511. The Morgan fingerprint density at radius 1 is 1.29 bits per heavy atom. The number of aliphatic hydroxyl groups excluding tert-OH is 1. The van der Waals surface area contributed by atoms with Gasteiger partial charge in [-0.1, -0.05) is 30.3 Å². The van der Waals surface area contributed by atoms with Crippen LogP contribution in [0.4, 0.5) is 0 Å². The molecule has 0 aliphatic carbocycles. The molecule has 0 spiro atoms. The zero-order valence-electron chi connectivity index (χ0n) is 12.1. The fourth-order valence-corrected chi connectivity index (χ4v) is 2.55. The summed E-state index contributed by atoms with van der Waals surface area (Å²) in [6, 6.07) is 11.9. The molecule has 21 heavy (non-hydrogen) atoms. The lowest BCUT2D eigenvalue weighted by Crippen LogP contribution is -2.06. The van der Waals surface area contributed by atoms with Crippen molar-refractivity contribution >= 4 is 0 Å². The molecule has 2 N–H and O–H groups in total. The van der Waals surface area contributed by atoms with E-state index in [9.17, 15) is 5.11 Å². The molecule has 3 aromatic rings. The number of H-pyrrole nitrogens is 1. The van der Waals surface area contributed by atoms with E-state index in [-0.39, 0.29) is 0 Å². The molecular weight excluding hydrogens is 264 g/mol. The van der Waals surface area contributed by atoms with Crippen molar-refractivity contribution in [1.29, 1.82) is 0 Å². The van der Waals surface area contributed by atoms with Gasteiger partial charge in [0.05, 0.1) is 23.7 Å². The van der Waals surface area contributed by atoms with Crippen LogP contribution in [0.1, 0.15) is 23.1 Å². The van der Waals surface area contributed by atoms with Crippen LogP contribution in [0, 0.1) is 6.92 Å². The number of benzene rings is 1. The molecule has 1 atom stereocenters. The van der Waals surface area contributed by atoms with Crippen LogP contribution in [-0.4, -0.2) is 25.1 Å². The van der Waals surface area contributed by atoms with E-state index in [4.69, 9.17) is 0 Å². The standard InChI is InChI=1S/C16H18N4O/c1-11-8-13(20(2)19-11)9-15(21)14-10-17-18-16(14)12-6-4-3-5-7-12/h3-8,10,15,21H,9H2,1-2H3,(H,17,18). The smallest absolute Gasteiger partial charge is 0.0881 e. The summed E-state index contributed by atoms with van der Waals surface area (Å²) in [6.07, 6.45) is 1.58. The van der Waals surface area contributed by atoms with Crippen LogP contribution in [0.5, 0.6) is 0 Å². The van der Waals surface area contributed by atoms with Gasteiger partial charge in [-0.3, -0.25) is 9.78 Å². The van der Waals surface area contributed by atoms with Crippen LogP contribution >= 0.6 is 0 Å². The van der Waals surface area contributed by atoms with Gasteiger partial charge < -0.3 is 5.11 Å². The van der Waals surface area contributed by atoms with Crippen molar-refractivity contribution in [2.24, 2.45) is 7.05 Å². The number of rotatable bonds is 4. The van der Waals surface area contributed by atoms with Crippen LogP contribution in [0.15, 0.2) is 42.6 Å². The molecule has 0 fully saturated rings. The van der Waals surface area contributed by atoms with Crippen LogP contribution in [0.25, 0.3) is 11.3 Å². The van der Waals surface area contributed by atoms with Crippen molar-refractivity contribution in [2.75, 3.05) is 0 Å². The highest BCUT2D eigenvalue weighted by Crippen LogP contribution is 2.27. The Kier molecular flexibility index (Phi) is 3.58. The molecule has 5 nitrogen and oxygen atoms in total. The lowest BCUT2D eigenvalue weighted by Gasteiger charge is -2.11. The molecule has 0 aliphatic rings. The van der Waals surface area contributed by atoms with Gasteiger partial charge >= 0.3 is 0 Å². The zero-order chi connectivity index (χ0) is 14.8. The lowest BCUT2D eigenvalue weighted by atomic mass is 10.0. The molecule has 1 aromatic carbocycles. The van der Waals surface area contributed by atoms with Gasteiger partial charge in [0.25, 0.3) is 0 Å². The van der Waals surface area contributed by atoms with Crippen LogP contribution in [-0.2, 0) is 13.5 Å². The number of nitrogens with zero attached hydrogens (tertiary/aromatic N) is 3. The van der Waals surface area contributed by atoms with Crippen molar-refractivity contribution in [3.8, 4) is 11.3 Å². The zero-order valence-corrected chi connectivity index (χ0v) is 12.1. The van der Waals surface area contributed by atoms with E-state index in [1.807, 2.05) is 50.4 Å². The molecule has 0 bridgehead atoms. The van der Waals surface area contributed by atoms with Crippen molar-refractivity contribution in [3.63, 3.8) is 0 Å². The van der Waals surface area contributed by atoms with E-state index in [2.05, 4.69) is 15.3 Å². The van der Waals surface area contributed by atoms with Gasteiger partial charge in [0.2, 0.25) is 0 Å². The number of hydrogen-bond acceptors (Lipinski definition) is 3. The normalized spacial score (nSPS) is 12.5. The highest BCUT2D eigenvalue weighted by molar-refractivity contribution is 5.62. The molecule has 0 saturated carbocycles. The maximum atomic E-state index is 10.5. The van der Waals surface area contributed by atoms with Gasteiger partial charge in [0.1, 0.15) is 0 Å². The van der Waals surface area contributed by atoms with E-state index in [1.54, 1.807) is 10.9 Å². The number of nitrogens with one attached hydrogen (secondary N) is 1. The third kappa shape index (κ3) is 2.73. The van der Waals surface area contributed by atoms with E-state index in [1.165, 1.54) is 0 Å². The second-order valence-electron chi connectivity index (χ2n) is 5.19. The minimum Gasteiger partial charge on any atom is -0.388 e. The Labute approximate surface area is 123 Å².